The number of rotatable bonds is 6. The summed E-state index contributed by atoms with van der Waals surface area (Å²) in [6, 6.07) is 6.93. The van der Waals surface area contributed by atoms with E-state index in [1.807, 2.05) is 0 Å². The Morgan fingerprint density at radius 2 is 1.94 bits per heavy atom. The molecular formula is C23H16F2N4O3S. The highest BCUT2D eigenvalue weighted by atomic mass is 32.2. The number of halogens is 2. The molecule has 0 aliphatic carbocycles. The van der Waals surface area contributed by atoms with Crippen LogP contribution in [-0.4, -0.2) is 29.6 Å². The van der Waals surface area contributed by atoms with Gasteiger partial charge in [-0.15, -0.1) is 0 Å². The first kappa shape index (κ1) is 21.1. The highest BCUT2D eigenvalue weighted by molar-refractivity contribution is 7.90. The van der Waals surface area contributed by atoms with Crippen LogP contribution in [0, 0.1) is 11.6 Å². The Labute approximate surface area is 187 Å². The maximum atomic E-state index is 15.3. The van der Waals surface area contributed by atoms with Crippen LogP contribution < -0.4 is 0 Å². The lowest BCUT2D eigenvalue weighted by Gasteiger charge is -2.13. The van der Waals surface area contributed by atoms with Crippen LogP contribution in [0.3, 0.4) is 0 Å². The molecule has 0 amide bonds. The number of benzene rings is 1. The van der Waals surface area contributed by atoms with Crippen LogP contribution in [-0.2, 0) is 28.4 Å². The molecule has 0 fully saturated rings. The third-order valence-corrected chi connectivity index (χ3v) is 7.00. The van der Waals surface area contributed by atoms with Gasteiger partial charge in [0, 0.05) is 41.9 Å². The summed E-state index contributed by atoms with van der Waals surface area (Å²) in [6.07, 6.45) is 7.33. The van der Waals surface area contributed by atoms with E-state index in [-0.39, 0.29) is 22.4 Å². The Kier molecular flexibility index (Phi) is 5.29. The molecule has 0 N–H and O–H groups in total. The first-order valence-electron chi connectivity index (χ1n) is 9.95. The quantitative estimate of drug-likeness (QED) is 0.422. The van der Waals surface area contributed by atoms with E-state index in [2.05, 4.69) is 19.9 Å². The minimum absolute atomic E-state index is 0.0713. The molecule has 33 heavy (non-hydrogen) atoms. The largest absolute Gasteiger partial charge is 0.471 e. The Bertz CT molecular complexity index is 1490. The van der Waals surface area contributed by atoms with Crippen molar-refractivity contribution in [1.29, 1.82) is 0 Å². The monoisotopic (exact) mass is 466 g/mol. The van der Waals surface area contributed by atoms with Crippen LogP contribution >= 0.6 is 0 Å². The summed E-state index contributed by atoms with van der Waals surface area (Å²) in [5.41, 5.74) is 2.43. The van der Waals surface area contributed by atoms with Crippen LogP contribution in [0.1, 0.15) is 22.5 Å². The van der Waals surface area contributed by atoms with Crippen molar-refractivity contribution in [2.75, 3.05) is 0 Å². The summed E-state index contributed by atoms with van der Waals surface area (Å²) in [4.78, 5) is 17.1. The molecule has 0 unspecified atom stereocenters. The van der Waals surface area contributed by atoms with Crippen molar-refractivity contribution in [2.45, 2.75) is 23.5 Å². The molecule has 7 nitrogen and oxygen atoms in total. The van der Waals surface area contributed by atoms with Crippen LogP contribution in [0.25, 0.3) is 11.3 Å². The van der Waals surface area contributed by atoms with Gasteiger partial charge in [0.2, 0.25) is 0 Å². The molecule has 166 valence electrons. The van der Waals surface area contributed by atoms with Gasteiger partial charge in [-0.2, -0.15) is 0 Å². The van der Waals surface area contributed by atoms with Gasteiger partial charge in [0.05, 0.1) is 23.4 Å². The number of hydrogen-bond acceptors (Lipinski definition) is 7. The molecule has 1 aliphatic heterocycles. The van der Waals surface area contributed by atoms with E-state index < -0.39 is 27.2 Å². The zero-order valence-electron chi connectivity index (χ0n) is 17.1. The number of nitrogens with zero attached hydrogens (tertiary/aromatic N) is 4. The molecule has 1 aliphatic rings. The SMILES string of the molecule is O=S(=O)(Cc1ccc(F)c(Cc2ncccc2-c2ncnc3c2N=CC3)c1F)c1ccoc1. The van der Waals surface area contributed by atoms with Crippen LogP contribution in [0.2, 0.25) is 0 Å². The minimum Gasteiger partial charge on any atom is -0.471 e. The van der Waals surface area contributed by atoms with Crippen LogP contribution in [0.15, 0.2) is 69.7 Å². The van der Waals surface area contributed by atoms with E-state index in [1.165, 1.54) is 24.9 Å². The molecule has 0 radical (unpaired) electrons. The van der Waals surface area contributed by atoms with Gasteiger partial charge in [0.25, 0.3) is 0 Å². The number of fused-ring (bicyclic) bond motifs is 1. The predicted octanol–water partition coefficient (Wildman–Crippen LogP) is 4.23. The van der Waals surface area contributed by atoms with Crippen molar-refractivity contribution in [3.63, 3.8) is 0 Å². The lowest BCUT2D eigenvalue weighted by atomic mass is 9.99. The summed E-state index contributed by atoms with van der Waals surface area (Å²) in [5, 5.41) is 0. The van der Waals surface area contributed by atoms with Gasteiger partial charge >= 0.3 is 0 Å². The Morgan fingerprint density at radius 3 is 2.76 bits per heavy atom. The molecule has 0 saturated heterocycles. The highest BCUT2D eigenvalue weighted by Gasteiger charge is 2.24. The maximum Gasteiger partial charge on any atom is 0.185 e. The normalized spacial score (nSPS) is 12.8. The summed E-state index contributed by atoms with van der Waals surface area (Å²) in [5.74, 6) is -2.35. The molecule has 10 heteroatoms. The molecule has 1 aromatic carbocycles. The second-order valence-corrected chi connectivity index (χ2v) is 9.41. The van der Waals surface area contributed by atoms with E-state index in [0.717, 1.165) is 24.1 Å². The lowest BCUT2D eigenvalue weighted by molar-refractivity contribution is 0.547. The standard InChI is InChI=1S/C23H16F2N4O3S/c24-18-4-3-14(12-33(30,31)15-6-9-32-11-15)21(25)17(18)10-20-16(2-1-7-26-20)22-23-19(5-8-27-23)28-13-29-22/h1-4,6-9,11,13H,5,10,12H2. The fourth-order valence-corrected chi connectivity index (χ4v) is 4.98. The highest BCUT2D eigenvalue weighted by Crippen LogP contribution is 2.35. The average Bonchev–Trinajstić information content (AvgIpc) is 3.51. The minimum atomic E-state index is -3.86. The van der Waals surface area contributed by atoms with Crippen LogP contribution in [0.5, 0.6) is 0 Å². The molecule has 3 aromatic heterocycles. The Hall–Kier alpha value is -3.79. The molecule has 4 aromatic rings. The topological polar surface area (TPSA) is 98.3 Å². The zero-order chi connectivity index (χ0) is 23.0. The van der Waals surface area contributed by atoms with Crippen molar-refractivity contribution < 1.29 is 21.6 Å². The van der Waals surface area contributed by atoms with Crippen molar-refractivity contribution in [2.24, 2.45) is 4.99 Å². The fourth-order valence-electron chi connectivity index (χ4n) is 3.72. The smallest absolute Gasteiger partial charge is 0.185 e. The van der Waals surface area contributed by atoms with Crippen molar-refractivity contribution in [1.82, 2.24) is 15.0 Å². The fraction of sp³-hybridized carbons (Fsp3) is 0.130. The van der Waals surface area contributed by atoms with Gasteiger partial charge in [0.15, 0.2) is 9.84 Å². The molecule has 0 bridgehead atoms. The third-order valence-electron chi connectivity index (χ3n) is 5.36. The molecule has 0 atom stereocenters. The van der Waals surface area contributed by atoms with Crippen LogP contribution in [0.4, 0.5) is 14.5 Å². The Balaban J connectivity index is 1.54. The number of aromatic nitrogens is 3. The summed E-state index contributed by atoms with van der Waals surface area (Å²) in [7, 11) is -3.86. The second-order valence-electron chi connectivity index (χ2n) is 7.42. The van der Waals surface area contributed by atoms with Gasteiger partial charge in [-0.05, 0) is 24.3 Å². The first-order valence-corrected chi connectivity index (χ1v) is 11.6. The number of pyridine rings is 1. The molecule has 5 rings (SSSR count). The van der Waals surface area contributed by atoms with E-state index >= 15 is 4.39 Å². The van der Waals surface area contributed by atoms with E-state index in [9.17, 15) is 12.8 Å². The van der Waals surface area contributed by atoms with Crippen molar-refractivity contribution >= 4 is 21.7 Å². The van der Waals surface area contributed by atoms with Gasteiger partial charge < -0.3 is 4.42 Å². The lowest BCUT2D eigenvalue weighted by Crippen LogP contribution is -2.09. The van der Waals surface area contributed by atoms with Crippen molar-refractivity contribution in [3.8, 4) is 11.3 Å². The average molecular weight is 466 g/mol. The summed E-state index contributed by atoms with van der Waals surface area (Å²) in [6.45, 7) is 0. The van der Waals surface area contributed by atoms with Gasteiger partial charge in [-0.25, -0.2) is 27.2 Å². The van der Waals surface area contributed by atoms with E-state index in [0.29, 0.717) is 29.1 Å². The van der Waals surface area contributed by atoms with E-state index in [4.69, 9.17) is 4.42 Å². The number of hydrogen-bond donors (Lipinski definition) is 0. The maximum absolute atomic E-state index is 15.3. The van der Waals surface area contributed by atoms with Gasteiger partial charge in [0.1, 0.15) is 40.5 Å². The number of sulfone groups is 1. The van der Waals surface area contributed by atoms with E-state index in [1.54, 1.807) is 18.3 Å². The second kappa shape index (κ2) is 8.28. The number of aliphatic imine (C=N–C) groups is 1. The zero-order valence-corrected chi connectivity index (χ0v) is 17.9. The van der Waals surface area contributed by atoms with Gasteiger partial charge in [-0.1, -0.05) is 6.07 Å². The Morgan fingerprint density at radius 1 is 1.06 bits per heavy atom. The summed E-state index contributed by atoms with van der Waals surface area (Å²) < 4.78 is 60.0. The molecule has 0 saturated carbocycles. The predicted molar refractivity (Wildman–Crippen MR) is 116 cm³/mol. The molecule has 0 spiro atoms. The summed E-state index contributed by atoms with van der Waals surface area (Å²) >= 11 is 0. The van der Waals surface area contributed by atoms with Gasteiger partial charge in [-0.3, -0.25) is 9.98 Å². The first-order chi connectivity index (χ1) is 15.9. The third kappa shape index (κ3) is 3.93. The molecule has 4 heterocycles. The van der Waals surface area contributed by atoms with Crippen molar-refractivity contribution in [3.05, 3.63) is 89.5 Å². The molecular weight excluding hydrogens is 450 g/mol. The number of furan rings is 1.